The van der Waals surface area contributed by atoms with Gasteiger partial charge in [-0.3, -0.25) is 4.79 Å². The van der Waals surface area contributed by atoms with Crippen molar-refractivity contribution < 1.29 is 19.4 Å². The maximum Gasteiger partial charge on any atom is 0.335 e. The van der Waals surface area contributed by atoms with Crippen LogP contribution < -0.4 is 10.1 Å². The number of para-hydroxylation sites is 1. The van der Waals surface area contributed by atoms with Crippen LogP contribution in [0.25, 0.3) is 0 Å². The molecule has 0 saturated carbocycles. The fourth-order valence-corrected chi connectivity index (χ4v) is 1.97. The van der Waals surface area contributed by atoms with Crippen molar-refractivity contribution in [2.24, 2.45) is 0 Å². The number of rotatable bonds is 6. The molecule has 0 aromatic heterocycles. The third kappa shape index (κ3) is 4.09. The molecular formula is C17H17NO4. The quantitative estimate of drug-likeness (QED) is 0.860. The molecule has 0 atom stereocenters. The largest absolute Gasteiger partial charge is 0.483 e. The Morgan fingerprint density at radius 2 is 1.77 bits per heavy atom. The summed E-state index contributed by atoms with van der Waals surface area (Å²) >= 11 is 0. The van der Waals surface area contributed by atoms with E-state index >= 15 is 0 Å². The van der Waals surface area contributed by atoms with Crippen molar-refractivity contribution >= 4 is 17.6 Å². The van der Waals surface area contributed by atoms with Crippen LogP contribution in [0.2, 0.25) is 0 Å². The van der Waals surface area contributed by atoms with Crippen LogP contribution in [-0.4, -0.2) is 23.6 Å². The first-order valence-electron chi connectivity index (χ1n) is 6.94. The monoisotopic (exact) mass is 299 g/mol. The predicted octanol–water partition coefficient (Wildman–Crippen LogP) is 2.96. The summed E-state index contributed by atoms with van der Waals surface area (Å²) in [6.45, 7) is 1.92. The van der Waals surface area contributed by atoms with Gasteiger partial charge in [0.15, 0.2) is 6.61 Å². The van der Waals surface area contributed by atoms with Gasteiger partial charge in [0, 0.05) is 5.69 Å². The third-order valence-corrected chi connectivity index (χ3v) is 3.13. The van der Waals surface area contributed by atoms with Gasteiger partial charge in [0.2, 0.25) is 0 Å². The van der Waals surface area contributed by atoms with Crippen LogP contribution in [0.15, 0.2) is 48.5 Å². The average Bonchev–Trinajstić information content (AvgIpc) is 2.53. The van der Waals surface area contributed by atoms with Gasteiger partial charge in [-0.25, -0.2) is 4.79 Å². The van der Waals surface area contributed by atoms with E-state index in [9.17, 15) is 9.59 Å². The molecule has 1 amide bonds. The van der Waals surface area contributed by atoms with E-state index in [4.69, 9.17) is 9.84 Å². The average molecular weight is 299 g/mol. The molecule has 0 spiro atoms. The van der Waals surface area contributed by atoms with Gasteiger partial charge in [-0.15, -0.1) is 0 Å². The molecule has 2 rings (SSSR count). The maximum absolute atomic E-state index is 11.9. The Balaban J connectivity index is 1.91. The molecule has 0 saturated heterocycles. The van der Waals surface area contributed by atoms with Crippen LogP contribution in [0.1, 0.15) is 22.8 Å². The van der Waals surface area contributed by atoms with E-state index in [1.165, 1.54) is 12.1 Å². The molecule has 0 aliphatic carbocycles. The standard InChI is InChI=1S/C17H17NO4/c1-2-12-5-3-4-6-15(12)22-11-16(19)18-14-9-7-13(8-10-14)17(20)21/h3-10H,2,11H2,1H3,(H,18,19)(H,20,21). The van der Waals surface area contributed by atoms with Crippen LogP contribution in [0.5, 0.6) is 5.75 Å². The first-order valence-corrected chi connectivity index (χ1v) is 6.94. The van der Waals surface area contributed by atoms with Gasteiger partial charge in [-0.1, -0.05) is 25.1 Å². The van der Waals surface area contributed by atoms with Crippen LogP contribution in [0.3, 0.4) is 0 Å². The van der Waals surface area contributed by atoms with Gasteiger partial charge in [0.25, 0.3) is 5.91 Å². The molecule has 114 valence electrons. The van der Waals surface area contributed by atoms with E-state index in [1.54, 1.807) is 12.1 Å². The van der Waals surface area contributed by atoms with Crippen molar-refractivity contribution in [3.63, 3.8) is 0 Å². The Labute approximate surface area is 128 Å². The summed E-state index contributed by atoms with van der Waals surface area (Å²) in [5.74, 6) is -0.604. The van der Waals surface area contributed by atoms with Crippen molar-refractivity contribution in [1.29, 1.82) is 0 Å². The highest BCUT2D eigenvalue weighted by atomic mass is 16.5. The lowest BCUT2D eigenvalue weighted by molar-refractivity contribution is -0.118. The van der Waals surface area contributed by atoms with Crippen molar-refractivity contribution in [2.75, 3.05) is 11.9 Å². The van der Waals surface area contributed by atoms with Crippen molar-refractivity contribution in [1.82, 2.24) is 0 Å². The predicted molar refractivity (Wildman–Crippen MR) is 83.3 cm³/mol. The summed E-state index contributed by atoms with van der Waals surface area (Å²) in [5, 5.41) is 11.5. The van der Waals surface area contributed by atoms with Gasteiger partial charge in [0.05, 0.1) is 5.56 Å². The Hall–Kier alpha value is -2.82. The van der Waals surface area contributed by atoms with E-state index < -0.39 is 5.97 Å². The van der Waals surface area contributed by atoms with Crippen molar-refractivity contribution in [3.8, 4) is 5.75 Å². The summed E-state index contributed by atoms with van der Waals surface area (Å²) in [4.78, 5) is 22.6. The van der Waals surface area contributed by atoms with Crippen molar-refractivity contribution in [2.45, 2.75) is 13.3 Å². The lowest BCUT2D eigenvalue weighted by Crippen LogP contribution is -2.20. The second kappa shape index (κ2) is 7.26. The number of carbonyl (C=O) groups excluding carboxylic acids is 1. The minimum Gasteiger partial charge on any atom is -0.483 e. The highest BCUT2D eigenvalue weighted by Crippen LogP contribution is 2.18. The number of anilines is 1. The summed E-state index contributed by atoms with van der Waals surface area (Å²) in [6, 6.07) is 13.5. The number of carboxylic acid groups (broad SMARTS) is 1. The van der Waals surface area contributed by atoms with Crippen LogP contribution in [0, 0.1) is 0 Å². The molecule has 0 aliphatic heterocycles. The minimum atomic E-state index is -1.00. The summed E-state index contributed by atoms with van der Waals surface area (Å²) in [7, 11) is 0. The number of aromatic carboxylic acids is 1. The number of carbonyl (C=O) groups is 2. The Bertz CT molecular complexity index is 665. The molecule has 5 heteroatoms. The number of hydrogen-bond donors (Lipinski definition) is 2. The highest BCUT2D eigenvalue weighted by molar-refractivity contribution is 5.93. The smallest absolute Gasteiger partial charge is 0.335 e. The molecule has 2 aromatic rings. The van der Waals surface area contributed by atoms with Gasteiger partial charge >= 0.3 is 5.97 Å². The number of hydrogen-bond acceptors (Lipinski definition) is 3. The first kappa shape index (κ1) is 15.6. The van der Waals surface area contributed by atoms with E-state index in [-0.39, 0.29) is 18.1 Å². The molecule has 0 bridgehead atoms. The fraction of sp³-hybridized carbons (Fsp3) is 0.176. The minimum absolute atomic E-state index is 0.0995. The van der Waals surface area contributed by atoms with E-state index in [0.29, 0.717) is 11.4 Å². The van der Waals surface area contributed by atoms with Gasteiger partial charge in [-0.2, -0.15) is 0 Å². The normalized spacial score (nSPS) is 10.0. The Morgan fingerprint density at radius 3 is 2.41 bits per heavy atom. The van der Waals surface area contributed by atoms with Gasteiger partial charge in [0.1, 0.15) is 5.75 Å². The second-order valence-electron chi connectivity index (χ2n) is 4.68. The topological polar surface area (TPSA) is 75.6 Å². The fourth-order valence-electron chi connectivity index (χ4n) is 1.97. The van der Waals surface area contributed by atoms with Crippen LogP contribution in [-0.2, 0) is 11.2 Å². The lowest BCUT2D eigenvalue weighted by atomic mass is 10.1. The van der Waals surface area contributed by atoms with Crippen LogP contribution in [0.4, 0.5) is 5.69 Å². The molecule has 0 heterocycles. The third-order valence-electron chi connectivity index (χ3n) is 3.13. The van der Waals surface area contributed by atoms with Gasteiger partial charge < -0.3 is 15.2 Å². The van der Waals surface area contributed by atoms with Crippen LogP contribution >= 0.6 is 0 Å². The maximum atomic E-state index is 11.9. The van der Waals surface area contributed by atoms with Crippen molar-refractivity contribution in [3.05, 3.63) is 59.7 Å². The number of amides is 1. The first-order chi connectivity index (χ1) is 10.6. The van der Waals surface area contributed by atoms with E-state index in [1.807, 2.05) is 31.2 Å². The molecule has 22 heavy (non-hydrogen) atoms. The number of benzene rings is 2. The van der Waals surface area contributed by atoms with E-state index in [0.717, 1.165) is 12.0 Å². The SMILES string of the molecule is CCc1ccccc1OCC(=O)Nc1ccc(C(=O)O)cc1. The number of nitrogens with one attached hydrogen (secondary N) is 1. The zero-order chi connectivity index (χ0) is 15.9. The Kier molecular flexibility index (Phi) is 5.14. The summed E-state index contributed by atoms with van der Waals surface area (Å²) in [6.07, 6.45) is 0.828. The second-order valence-corrected chi connectivity index (χ2v) is 4.68. The molecule has 2 aromatic carbocycles. The number of ether oxygens (including phenoxy) is 1. The lowest BCUT2D eigenvalue weighted by Gasteiger charge is -2.10. The summed E-state index contributed by atoms with van der Waals surface area (Å²) in [5.41, 5.74) is 1.75. The molecule has 0 radical (unpaired) electrons. The number of aryl methyl sites for hydroxylation is 1. The number of carboxylic acids is 1. The molecular weight excluding hydrogens is 282 g/mol. The molecule has 5 nitrogen and oxygen atoms in total. The van der Waals surface area contributed by atoms with E-state index in [2.05, 4.69) is 5.32 Å². The summed E-state index contributed by atoms with van der Waals surface area (Å²) < 4.78 is 5.52. The molecule has 0 aliphatic rings. The zero-order valence-electron chi connectivity index (χ0n) is 12.2. The molecule has 0 unspecified atom stereocenters. The molecule has 0 fully saturated rings. The van der Waals surface area contributed by atoms with Gasteiger partial charge in [-0.05, 0) is 42.3 Å². The highest BCUT2D eigenvalue weighted by Gasteiger charge is 2.07. The zero-order valence-corrected chi connectivity index (χ0v) is 12.2. The Morgan fingerprint density at radius 1 is 1.09 bits per heavy atom. The molecule has 2 N–H and O–H groups in total.